The third-order valence-corrected chi connectivity index (χ3v) is 3.99. The maximum absolute atomic E-state index is 5.36. The van der Waals surface area contributed by atoms with Gasteiger partial charge in [0, 0.05) is 17.5 Å². The monoisotopic (exact) mass is 237 g/mol. The maximum Gasteiger partial charge on any atom is 0.0668 e. The molecular formula is C13H19NOS. The summed E-state index contributed by atoms with van der Waals surface area (Å²) in [5.74, 6) is 0. The van der Waals surface area contributed by atoms with E-state index in [1.54, 1.807) is 0 Å². The van der Waals surface area contributed by atoms with Crippen molar-refractivity contribution in [3.8, 4) is 0 Å². The molecule has 1 aromatic carbocycles. The fraction of sp³-hybridized carbons (Fsp3) is 0.538. The molecule has 0 aliphatic carbocycles. The second-order valence-electron chi connectivity index (χ2n) is 4.21. The second kappa shape index (κ2) is 5.60. The summed E-state index contributed by atoms with van der Waals surface area (Å²) in [4.78, 5) is 0. The molecule has 0 radical (unpaired) electrons. The van der Waals surface area contributed by atoms with Crippen LogP contribution in [-0.2, 0) is 4.74 Å². The van der Waals surface area contributed by atoms with Crippen LogP contribution in [0.15, 0.2) is 24.3 Å². The summed E-state index contributed by atoms with van der Waals surface area (Å²) in [7, 11) is 0. The van der Waals surface area contributed by atoms with Gasteiger partial charge in [-0.1, -0.05) is 12.1 Å². The van der Waals surface area contributed by atoms with E-state index in [4.69, 9.17) is 4.74 Å². The fourth-order valence-corrected chi connectivity index (χ4v) is 2.32. The van der Waals surface area contributed by atoms with Gasteiger partial charge < -0.3 is 10.1 Å². The van der Waals surface area contributed by atoms with Crippen molar-refractivity contribution in [3.05, 3.63) is 29.8 Å². The number of nitrogens with one attached hydrogen (secondary N) is 1. The summed E-state index contributed by atoms with van der Waals surface area (Å²) in [6, 6.07) is 9.19. The lowest BCUT2D eigenvalue weighted by atomic mass is 10.1. The molecule has 2 rings (SSSR count). The minimum absolute atomic E-state index is 0.486. The highest BCUT2D eigenvalue weighted by atomic mass is 32.2. The third kappa shape index (κ3) is 2.92. The molecule has 2 nitrogen and oxygen atoms in total. The van der Waals surface area contributed by atoms with Crippen molar-refractivity contribution in [3.63, 3.8) is 0 Å². The summed E-state index contributed by atoms with van der Waals surface area (Å²) in [5.41, 5.74) is 2.60. The van der Waals surface area contributed by atoms with E-state index in [1.165, 1.54) is 11.3 Å². The highest BCUT2D eigenvalue weighted by Crippen LogP contribution is 2.27. The van der Waals surface area contributed by atoms with Gasteiger partial charge in [-0.25, -0.2) is 0 Å². The summed E-state index contributed by atoms with van der Waals surface area (Å²) in [5, 5.41) is 4.08. The molecule has 1 aliphatic rings. The van der Waals surface area contributed by atoms with E-state index in [-0.39, 0.29) is 0 Å². The average Bonchev–Trinajstić information content (AvgIpc) is 2.81. The molecule has 0 aromatic heterocycles. The zero-order valence-corrected chi connectivity index (χ0v) is 10.7. The summed E-state index contributed by atoms with van der Waals surface area (Å²) >= 11 is 1.88. The van der Waals surface area contributed by atoms with Crippen LogP contribution in [0.3, 0.4) is 0 Å². The Hall–Kier alpha value is -0.670. The van der Waals surface area contributed by atoms with Crippen molar-refractivity contribution in [1.82, 2.24) is 0 Å². The lowest BCUT2D eigenvalue weighted by Gasteiger charge is -2.15. The first-order chi connectivity index (χ1) is 7.79. The lowest BCUT2D eigenvalue weighted by molar-refractivity contribution is 0.195. The molecule has 1 saturated heterocycles. The van der Waals surface area contributed by atoms with E-state index in [2.05, 4.69) is 42.8 Å². The van der Waals surface area contributed by atoms with Crippen molar-refractivity contribution in [2.45, 2.75) is 24.6 Å². The van der Waals surface area contributed by atoms with Gasteiger partial charge >= 0.3 is 0 Å². The molecule has 0 spiro atoms. The first kappa shape index (κ1) is 11.8. The molecule has 2 atom stereocenters. The van der Waals surface area contributed by atoms with Crippen molar-refractivity contribution >= 4 is 17.4 Å². The fourth-order valence-electron chi connectivity index (χ4n) is 1.90. The normalized spacial score (nSPS) is 22.0. The smallest absolute Gasteiger partial charge is 0.0668 e. The van der Waals surface area contributed by atoms with Crippen LogP contribution in [0.4, 0.5) is 5.69 Å². The Balaban J connectivity index is 2.03. The van der Waals surface area contributed by atoms with Crippen LogP contribution >= 0.6 is 11.8 Å². The van der Waals surface area contributed by atoms with Crippen LogP contribution in [0.2, 0.25) is 0 Å². The summed E-state index contributed by atoms with van der Waals surface area (Å²) < 4.78 is 5.36. The molecule has 1 heterocycles. The Kier molecular flexibility index (Phi) is 4.13. The minimum Gasteiger partial charge on any atom is -0.380 e. The Morgan fingerprint density at radius 3 is 3.06 bits per heavy atom. The van der Waals surface area contributed by atoms with Gasteiger partial charge in [0.2, 0.25) is 0 Å². The predicted molar refractivity (Wildman–Crippen MR) is 71.2 cm³/mol. The Bertz CT molecular complexity index is 336. The number of hydrogen-bond acceptors (Lipinski definition) is 3. The summed E-state index contributed by atoms with van der Waals surface area (Å²) in [6.45, 7) is 3.96. The Labute approximate surface area is 102 Å². The first-order valence-electron chi connectivity index (χ1n) is 5.76. The first-order valence-corrected chi connectivity index (χ1v) is 7.05. The molecule has 3 heteroatoms. The number of rotatable bonds is 4. The zero-order chi connectivity index (χ0) is 11.4. The summed E-state index contributed by atoms with van der Waals surface area (Å²) in [6.07, 6.45) is 3.26. The molecule has 0 amide bonds. The van der Waals surface area contributed by atoms with Crippen LogP contribution in [-0.4, -0.2) is 25.5 Å². The Morgan fingerprint density at radius 2 is 2.38 bits per heavy atom. The highest BCUT2D eigenvalue weighted by Gasteiger charge is 2.15. The average molecular weight is 237 g/mol. The SMILES string of the molecule is CS[C@H](C)c1cccc(N[C@H]2CCOC2)c1. The van der Waals surface area contributed by atoms with Crippen LogP contribution in [0.5, 0.6) is 0 Å². The number of hydrogen-bond donors (Lipinski definition) is 1. The second-order valence-corrected chi connectivity index (χ2v) is 5.39. The standard InChI is InChI=1S/C13H19NOS/c1-10(16-2)11-4-3-5-12(8-11)14-13-6-7-15-9-13/h3-5,8,10,13-14H,6-7,9H2,1-2H3/t10-,13+/m1/s1. The van der Waals surface area contributed by atoms with Gasteiger partial charge in [-0.2, -0.15) is 11.8 Å². The molecule has 88 valence electrons. The van der Waals surface area contributed by atoms with Gasteiger partial charge in [-0.05, 0) is 37.3 Å². The zero-order valence-electron chi connectivity index (χ0n) is 9.90. The van der Waals surface area contributed by atoms with Gasteiger partial charge in [0.25, 0.3) is 0 Å². The van der Waals surface area contributed by atoms with Crippen LogP contribution < -0.4 is 5.32 Å². The largest absolute Gasteiger partial charge is 0.380 e. The maximum atomic E-state index is 5.36. The van der Waals surface area contributed by atoms with E-state index in [1.807, 2.05) is 11.8 Å². The number of ether oxygens (including phenoxy) is 1. The Morgan fingerprint density at radius 1 is 1.50 bits per heavy atom. The van der Waals surface area contributed by atoms with Crippen molar-refractivity contribution in [2.24, 2.45) is 0 Å². The van der Waals surface area contributed by atoms with E-state index >= 15 is 0 Å². The molecule has 1 aliphatic heterocycles. The van der Waals surface area contributed by atoms with E-state index in [0.29, 0.717) is 11.3 Å². The molecular weight excluding hydrogens is 218 g/mol. The van der Waals surface area contributed by atoms with Crippen LogP contribution in [0.1, 0.15) is 24.2 Å². The number of benzene rings is 1. The number of anilines is 1. The molecule has 0 bridgehead atoms. The van der Waals surface area contributed by atoms with Gasteiger partial charge in [0.05, 0.1) is 12.6 Å². The quantitative estimate of drug-likeness (QED) is 0.868. The van der Waals surface area contributed by atoms with Gasteiger partial charge in [0.15, 0.2) is 0 Å². The number of thioether (sulfide) groups is 1. The van der Waals surface area contributed by atoms with E-state index < -0.39 is 0 Å². The molecule has 16 heavy (non-hydrogen) atoms. The highest BCUT2D eigenvalue weighted by molar-refractivity contribution is 7.98. The molecule has 1 N–H and O–H groups in total. The van der Waals surface area contributed by atoms with Crippen LogP contribution in [0, 0.1) is 0 Å². The molecule has 0 unspecified atom stereocenters. The molecule has 1 aromatic rings. The minimum atomic E-state index is 0.486. The predicted octanol–water partition coefficient (Wildman–Crippen LogP) is 3.31. The van der Waals surface area contributed by atoms with Crippen molar-refractivity contribution in [1.29, 1.82) is 0 Å². The van der Waals surface area contributed by atoms with E-state index in [0.717, 1.165) is 19.6 Å². The van der Waals surface area contributed by atoms with Crippen LogP contribution in [0.25, 0.3) is 0 Å². The van der Waals surface area contributed by atoms with Crippen molar-refractivity contribution < 1.29 is 4.74 Å². The third-order valence-electron chi connectivity index (χ3n) is 3.01. The van der Waals surface area contributed by atoms with Gasteiger partial charge in [0.1, 0.15) is 0 Å². The molecule has 1 fully saturated rings. The van der Waals surface area contributed by atoms with Gasteiger partial charge in [-0.3, -0.25) is 0 Å². The van der Waals surface area contributed by atoms with Crippen molar-refractivity contribution in [2.75, 3.05) is 24.8 Å². The topological polar surface area (TPSA) is 21.3 Å². The molecule has 0 saturated carbocycles. The van der Waals surface area contributed by atoms with Gasteiger partial charge in [-0.15, -0.1) is 0 Å². The van der Waals surface area contributed by atoms with E-state index in [9.17, 15) is 0 Å². The lowest BCUT2D eigenvalue weighted by Crippen LogP contribution is -2.18.